The first kappa shape index (κ1) is 17.9. The first-order chi connectivity index (χ1) is 10.3. The molecule has 0 bridgehead atoms. The number of hydrogen-bond acceptors (Lipinski definition) is 2. The normalized spacial score (nSPS) is 9.41. The molecule has 1 aromatic carbocycles. The van der Waals surface area contributed by atoms with Crippen molar-refractivity contribution in [3.63, 3.8) is 0 Å². The maximum atomic E-state index is 11.9. The number of nitrogens with zero attached hydrogens (tertiary/aromatic N) is 2. The molecule has 0 saturated heterocycles. The lowest BCUT2D eigenvalue weighted by atomic mass is 10.2. The van der Waals surface area contributed by atoms with Crippen LogP contribution in [0.2, 0.25) is 0 Å². The Hall–Kier alpha value is -2.19. The summed E-state index contributed by atoms with van der Waals surface area (Å²) in [6.45, 7) is 0.906. The second kappa shape index (κ2) is 9.69. The summed E-state index contributed by atoms with van der Waals surface area (Å²) in [6.07, 6.45) is 6.27. The fourth-order valence-electron chi connectivity index (χ4n) is 2.07. The van der Waals surface area contributed by atoms with Gasteiger partial charge in [-0.15, -0.1) is 0 Å². The van der Waals surface area contributed by atoms with Gasteiger partial charge in [0.25, 0.3) is 0 Å². The molecule has 0 aliphatic heterocycles. The lowest BCUT2D eigenvalue weighted by Crippen LogP contribution is -3.00. The molecule has 0 radical (unpaired) electrons. The van der Waals surface area contributed by atoms with Gasteiger partial charge in [-0.05, 0) is 18.6 Å². The third kappa shape index (κ3) is 5.66. The molecule has 0 fully saturated rings. The van der Waals surface area contributed by atoms with Crippen LogP contribution >= 0.6 is 0 Å². The van der Waals surface area contributed by atoms with E-state index in [1.165, 1.54) is 0 Å². The number of carbonyl (C=O) groups is 1. The number of nitriles is 1. The average molecular weight is 360 g/mol. The van der Waals surface area contributed by atoms with Gasteiger partial charge >= 0.3 is 0 Å². The number of carbonyl (C=O) groups excluding carboxylic acids is 1. The van der Waals surface area contributed by atoms with E-state index in [0.29, 0.717) is 17.7 Å². The fraction of sp³-hybridized carbons (Fsp3) is 0.235. The van der Waals surface area contributed by atoms with E-state index in [-0.39, 0.29) is 22.9 Å². The van der Waals surface area contributed by atoms with Crippen LogP contribution in [0.5, 0.6) is 0 Å². The third-order valence-corrected chi connectivity index (χ3v) is 3.17. The lowest BCUT2D eigenvalue weighted by molar-refractivity contribution is -0.697. The maximum Gasteiger partial charge on any atom is 0.224 e. The zero-order valence-electron chi connectivity index (χ0n) is 12.2. The lowest BCUT2D eigenvalue weighted by Gasteiger charge is -2.06. The van der Waals surface area contributed by atoms with Crippen molar-refractivity contribution in [1.82, 2.24) is 0 Å². The van der Waals surface area contributed by atoms with E-state index in [4.69, 9.17) is 5.26 Å². The summed E-state index contributed by atoms with van der Waals surface area (Å²) < 4.78 is 2.10. The van der Waals surface area contributed by atoms with Crippen molar-refractivity contribution in [2.24, 2.45) is 0 Å². The van der Waals surface area contributed by atoms with Crippen LogP contribution in [-0.4, -0.2) is 5.91 Å². The number of nitrogens with one attached hydrogen (secondary N) is 1. The zero-order chi connectivity index (χ0) is 14.9. The SMILES string of the molecule is N#Cc1ccccc1NC(=O)CCCC[n+]1ccccc1.[Br-]. The largest absolute Gasteiger partial charge is 1.00 e. The number of benzene rings is 1. The van der Waals surface area contributed by atoms with E-state index in [0.717, 1.165) is 19.4 Å². The maximum absolute atomic E-state index is 11.9. The molecule has 5 heteroatoms. The molecular weight excluding hydrogens is 342 g/mol. The highest BCUT2D eigenvalue weighted by atomic mass is 79.9. The van der Waals surface area contributed by atoms with Gasteiger partial charge in [0.05, 0.1) is 11.3 Å². The van der Waals surface area contributed by atoms with Crippen LogP contribution in [0.3, 0.4) is 0 Å². The number of amides is 1. The molecule has 4 nitrogen and oxygen atoms in total. The van der Waals surface area contributed by atoms with Crippen molar-refractivity contribution in [3.8, 4) is 6.07 Å². The minimum absolute atomic E-state index is 0. The molecule has 0 aliphatic carbocycles. The van der Waals surface area contributed by atoms with Gasteiger partial charge in [-0.25, -0.2) is 4.57 Å². The second-order valence-electron chi connectivity index (χ2n) is 4.78. The van der Waals surface area contributed by atoms with Gasteiger partial charge in [0, 0.05) is 25.0 Å². The minimum Gasteiger partial charge on any atom is -1.00 e. The zero-order valence-corrected chi connectivity index (χ0v) is 13.8. The smallest absolute Gasteiger partial charge is 0.224 e. The summed E-state index contributed by atoms with van der Waals surface area (Å²) in [4.78, 5) is 11.9. The molecular formula is C17H18BrN3O. The summed E-state index contributed by atoms with van der Waals surface area (Å²) in [7, 11) is 0. The van der Waals surface area contributed by atoms with Gasteiger partial charge in [0.1, 0.15) is 12.6 Å². The molecule has 1 amide bonds. The van der Waals surface area contributed by atoms with Crippen LogP contribution in [0.4, 0.5) is 5.69 Å². The van der Waals surface area contributed by atoms with Gasteiger partial charge < -0.3 is 22.3 Å². The number of pyridine rings is 1. The van der Waals surface area contributed by atoms with E-state index in [1.807, 2.05) is 36.7 Å². The molecule has 1 aromatic heterocycles. The number of rotatable bonds is 6. The summed E-state index contributed by atoms with van der Waals surface area (Å²) in [5.41, 5.74) is 1.08. The van der Waals surface area contributed by atoms with E-state index in [2.05, 4.69) is 16.0 Å². The molecule has 0 unspecified atom stereocenters. The molecule has 1 heterocycles. The van der Waals surface area contributed by atoms with Gasteiger partial charge in [-0.3, -0.25) is 4.79 Å². The fourth-order valence-corrected chi connectivity index (χ4v) is 2.07. The Bertz CT molecular complexity index is 638. The van der Waals surface area contributed by atoms with E-state index in [9.17, 15) is 4.79 Å². The number of anilines is 1. The molecule has 1 N–H and O–H groups in total. The van der Waals surface area contributed by atoms with Crippen LogP contribution < -0.4 is 26.9 Å². The van der Waals surface area contributed by atoms with Crippen molar-refractivity contribution < 1.29 is 26.3 Å². The molecule has 0 aliphatic rings. The third-order valence-electron chi connectivity index (χ3n) is 3.17. The van der Waals surface area contributed by atoms with Gasteiger partial charge in [-0.1, -0.05) is 18.2 Å². The number of aryl methyl sites for hydroxylation is 1. The molecule has 2 aromatic rings. The highest BCUT2D eigenvalue weighted by Crippen LogP contribution is 2.14. The highest BCUT2D eigenvalue weighted by Gasteiger charge is 2.06. The van der Waals surface area contributed by atoms with Crippen molar-refractivity contribution in [2.75, 3.05) is 5.32 Å². The molecule has 22 heavy (non-hydrogen) atoms. The Morgan fingerprint density at radius 2 is 1.82 bits per heavy atom. The van der Waals surface area contributed by atoms with Crippen LogP contribution in [0, 0.1) is 11.3 Å². The molecule has 114 valence electrons. The van der Waals surface area contributed by atoms with Gasteiger partial charge in [-0.2, -0.15) is 5.26 Å². The topological polar surface area (TPSA) is 56.8 Å². The van der Waals surface area contributed by atoms with Crippen LogP contribution in [0.1, 0.15) is 24.8 Å². The Labute approximate surface area is 141 Å². The standard InChI is InChI=1S/C17H17N3O.BrH/c18-14-15-8-2-3-9-16(15)19-17(21)10-4-7-13-20-11-5-1-6-12-20;/h1-3,5-6,8-9,11-12H,4,7,10,13H2;1H. The van der Waals surface area contributed by atoms with Crippen LogP contribution in [0.15, 0.2) is 54.9 Å². The Kier molecular flexibility index (Phi) is 7.87. The summed E-state index contributed by atoms with van der Waals surface area (Å²) in [5.74, 6) is -0.0456. The van der Waals surface area contributed by atoms with E-state index in [1.54, 1.807) is 18.2 Å². The summed E-state index contributed by atoms with van der Waals surface area (Å²) in [5, 5.41) is 11.8. The Morgan fingerprint density at radius 1 is 1.09 bits per heavy atom. The number of aromatic nitrogens is 1. The van der Waals surface area contributed by atoms with Crippen molar-refractivity contribution in [3.05, 3.63) is 60.4 Å². The van der Waals surface area contributed by atoms with Gasteiger partial charge in [0.15, 0.2) is 12.4 Å². The first-order valence-corrected chi connectivity index (χ1v) is 7.02. The Morgan fingerprint density at radius 3 is 2.55 bits per heavy atom. The minimum atomic E-state index is -0.0456. The van der Waals surface area contributed by atoms with E-state index < -0.39 is 0 Å². The highest BCUT2D eigenvalue weighted by molar-refractivity contribution is 5.92. The quantitative estimate of drug-likeness (QED) is 0.566. The molecule has 0 saturated carbocycles. The van der Waals surface area contributed by atoms with Gasteiger partial charge in [0.2, 0.25) is 5.91 Å². The monoisotopic (exact) mass is 359 g/mol. The molecule has 2 rings (SSSR count). The second-order valence-corrected chi connectivity index (χ2v) is 4.78. The number of halogens is 1. The summed E-state index contributed by atoms with van der Waals surface area (Å²) in [6, 6.07) is 15.1. The van der Waals surface area contributed by atoms with Crippen molar-refractivity contribution in [1.29, 1.82) is 5.26 Å². The number of hydrogen-bond donors (Lipinski definition) is 1. The first-order valence-electron chi connectivity index (χ1n) is 7.02. The average Bonchev–Trinajstić information content (AvgIpc) is 2.53. The molecule has 0 spiro atoms. The van der Waals surface area contributed by atoms with Crippen LogP contribution in [0.25, 0.3) is 0 Å². The number of unbranched alkanes of at least 4 members (excludes halogenated alkanes) is 1. The van der Waals surface area contributed by atoms with Crippen molar-refractivity contribution >= 4 is 11.6 Å². The Balaban J connectivity index is 0.00000242. The molecule has 0 atom stereocenters. The number of para-hydroxylation sites is 1. The summed E-state index contributed by atoms with van der Waals surface area (Å²) >= 11 is 0. The van der Waals surface area contributed by atoms with Crippen LogP contribution in [-0.2, 0) is 11.3 Å². The van der Waals surface area contributed by atoms with Crippen molar-refractivity contribution in [2.45, 2.75) is 25.8 Å². The predicted molar refractivity (Wildman–Crippen MR) is 80.3 cm³/mol. The van der Waals surface area contributed by atoms with E-state index >= 15 is 0 Å². The predicted octanol–water partition coefficient (Wildman–Crippen LogP) is -0.341.